The molecule has 0 saturated heterocycles. The standard InChI is InChI=1S/C11H29NSi2/c1-10(2,3)12(11(4,5)6)13-14(7,8)9/h13H2,1-9H3. The molecule has 0 saturated carbocycles. The Morgan fingerprint density at radius 3 is 1.14 bits per heavy atom. The van der Waals surface area contributed by atoms with Crippen molar-refractivity contribution in [2.45, 2.75) is 72.3 Å². The quantitative estimate of drug-likeness (QED) is 0.661. The van der Waals surface area contributed by atoms with E-state index in [1.54, 1.807) is 0 Å². The minimum Gasteiger partial charge on any atom is -0.322 e. The van der Waals surface area contributed by atoms with Crippen LogP contribution in [0.1, 0.15) is 41.5 Å². The molecular weight excluding hydrogens is 202 g/mol. The summed E-state index contributed by atoms with van der Waals surface area (Å²) in [6.45, 7) is 21.6. The summed E-state index contributed by atoms with van der Waals surface area (Å²) in [5.41, 5.74) is 0.676. The van der Waals surface area contributed by atoms with Crippen molar-refractivity contribution in [3.8, 4) is 0 Å². The highest BCUT2D eigenvalue weighted by Gasteiger charge is 2.34. The molecule has 0 aliphatic heterocycles. The zero-order chi connectivity index (χ0) is 11.8. The van der Waals surface area contributed by atoms with Crippen molar-refractivity contribution in [1.29, 1.82) is 0 Å². The fourth-order valence-corrected chi connectivity index (χ4v) is 9.54. The van der Waals surface area contributed by atoms with Crippen LogP contribution in [0.25, 0.3) is 0 Å². The zero-order valence-corrected chi connectivity index (χ0v) is 14.1. The van der Waals surface area contributed by atoms with Gasteiger partial charge in [-0.25, -0.2) is 0 Å². The lowest BCUT2D eigenvalue weighted by molar-refractivity contribution is 0.142. The summed E-state index contributed by atoms with van der Waals surface area (Å²) < 4.78 is 2.78. The third kappa shape index (κ3) is 5.32. The molecule has 0 spiro atoms. The third-order valence-corrected chi connectivity index (χ3v) is 9.21. The highest BCUT2D eigenvalue weighted by Crippen LogP contribution is 2.25. The van der Waals surface area contributed by atoms with Crippen molar-refractivity contribution in [2.24, 2.45) is 0 Å². The lowest BCUT2D eigenvalue weighted by Crippen LogP contribution is -2.60. The second-order valence-electron chi connectivity index (χ2n) is 7.49. The average molecular weight is 232 g/mol. The summed E-state index contributed by atoms with van der Waals surface area (Å²) >= 11 is 0. The fraction of sp³-hybridized carbons (Fsp3) is 1.00. The molecule has 0 N–H and O–H groups in total. The maximum absolute atomic E-state index is 2.78. The largest absolute Gasteiger partial charge is 0.322 e. The van der Waals surface area contributed by atoms with E-state index in [-0.39, 0.29) is 9.20 Å². The Bertz CT molecular complexity index is 167. The Morgan fingerprint density at radius 2 is 1.07 bits per heavy atom. The van der Waals surface area contributed by atoms with Gasteiger partial charge in [-0.3, -0.25) is 0 Å². The van der Waals surface area contributed by atoms with E-state index in [1.165, 1.54) is 0 Å². The van der Waals surface area contributed by atoms with Gasteiger partial charge < -0.3 is 4.57 Å². The minimum atomic E-state index is -0.875. The summed E-state index contributed by atoms with van der Waals surface area (Å²) in [4.78, 5) is 0. The van der Waals surface area contributed by atoms with Crippen LogP contribution < -0.4 is 0 Å². The molecule has 0 aromatic carbocycles. The van der Waals surface area contributed by atoms with Crippen LogP contribution in [0.3, 0.4) is 0 Å². The molecule has 0 aliphatic carbocycles. The van der Waals surface area contributed by atoms with Gasteiger partial charge in [0.2, 0.25) is 0 Å². The van der Waals surface area contributed by atoms with Gasteiger partial charge in [0.1, 0.15) is 0 Å². The summed E-state index contributed by atoms with van der Waals surface area (Å²) in [5.74, 6) is 0. The summed E-state index contributed by atoms with van der Waals surface area (Å²) in [6, 6.07) is 0. The van der Waals surface area contributed by atoms with E-state index in [0.717, 1.165) is 0 Å². The first kappa shape index (κ1) is 14.4. The van der Waals surface area contributed by atoms with Gasteiger partial charge in [-0.15, -0.1) is 0 Å². The second-order valence-corrected chi connectivity index (χ2v) is 20.9. The molecule has 0 heterocycles. The van der Waals surface area contributed by atoms with E-state index < -0.39 is 7.59 Å². The molecular formula is C11H29NSi2. The maximum atomic E-state index is 2.78. The molecule has 14 heavy (non-hydrogen) atoms. The maximum Gasteiger partial charge on any atom is 0.0875 e. The SMILES string of the molecule is CC(C)(C)N([SiH2][Si](C)(C)C)C(C)(C)C. The van der Waals surface area contributed by atoms with E-state index in [0.29, 0.717) is 11.1 Å². The molecule has 1 nitrogen and oxygen atoms in total. The highest BCUT2D eigenvalue weighted by molar-refractivity contribution is 7.22. The molecule has 0 unspecified atom stereocenters. The topological polar surface area (TPSA) is 3.24 Å². The molecule has 3 heteroatoms. The smallest absolute Gasteiger partial charge is 0.0875 e. The van der Waals surface area contributed by atoms with E-state index >= 15 is 0 Å². The van der Waals surface area contributed by atoms with Gasteiger partial charge in [0, 0.05) is 18.7 Å². The van der Waals surface area contributed by atoms with Crippen LogP contribution in [0.2, 0.25) is 19.6 Å². The average Bonchev–Trinajstić information content (AvgIpc) is 1.75. The van der Waals surface area contributed by atoms with Gasteiger partial charge in [-0.2, -0.15) is 0 Å². The molecule has 0 fully saturated rings. The summed E-state index contributed by atoms with van der Waals surface area (Å²) in [6.07, 6.45) is 0. The summed E-state index contributed by atoms with van der Waals surface area (Å²) in [5, 5.41) is 0. The van der Waals surface area contributed by atoms with Crippen LogP contribution in [0.4, 0.5) is 0 Å². The number of rotatable bonds is 2. The van der Waals surface area contributed by atoms with Crippen molar-refractivity contribution in [3.63, 3.8) is 0 Å². The van der Waals surface area contributed by atoms with Crippen molar-refractivity contribution >= 4 is 16.8 Å². The Labute approximate surface area is 94.0 Å². The Hall–Kier alpha value is 0.394. The van der Waals surface area contributed by atoms with Gasteiger partial charge in [-0.05, 0) is 41.5 Å². The fourth-order valence-electron chi connectivity index (χ4n) is 1.95. The molecule has 86 valence electrons. The Kier molecular flexibility index (Phi) is 4.22. The van der Waals surface area contributed by atoms with Crippen LogP contribution >= 0.6 is 0 Å². The number of hydrogen-bond acceptors (Lipinski definition) is 1. The van der Waals surface area contributed by atoms with Gasteiger partial charge in [-0.1, -0.05) is 19.6 Å². The van der Waals surface area contributed by atoms with Gasteiger partial charge in [0.15, 0.2) is 0 Å². The molecule has 0 radical (unpaired) electrons. The van der Waals surface area contributed by atoms with Crippen LogP contribution in [0.15, 0.2) is 0 Å². The molecule has 0 amide bonds. The molecule has 0 aliphatic rings. The monoisotopic (exact) mass is 231 g/mol. The lowest BCUT2D eigenvalue weighted by Gasteiger charge is -2.48. The second kappa shape index (κ2) is 4.10. The minimum absolute atomic E-state index is 0.0725. The van der Waals surface area contributed by atoms with Crippen LogP contribution in [-0.2, 0) is 0 Å². The molecule has 0 rings (SSSR count). The first-order valence-electron chi connectivity index (χ1n) is 5.62. The zero-order valence-electron chi connectivity index (χ0n) is 11.7. The Balaban J connectivity index is 4.78. The van der Waals surface area contributed by atoms with Crippen LogP contribution in [0, 0.1) is 0 Å². The predicted octanol–water partition coefficient (Wildman–Crippen LogP) is 2.80. The van der Waals surface area contributed by atoms with Crippen molar-refractivity contribution in [2.75, 3.05) is 0 Å². The first-order valence-corrected chi connectivity index (χ1v) is 12.1. The first-order chi connectivity index (χ1) is 5.84. The Morgan fingerprint density at radius 1 is 0.786 bits per heavy atom. The van der Waals surface area contributed by atoms with Gasteiger partial charge in [0.05, 0.1) is 9.20 Å². The van der Waals surface area contributed by atoms with E-state index in [1.807, 2.05) is 0 Å². The normalized spacial score (nSPS) is 15.9. The number of nitrogens with zero attached hydrogens (tertiary/aromatic N) is 1. The third-order valence-electron chi connectivity index (χ3n) is 2.25. The molecule has 0 atom stereocenters. The lowest BCUT2D eigenvalue weighted by atomic mass is 10.0. The van der Waals surface area contributed by atoms with Crippen LogP contribution in [0.5, 0.6) is 0 Å². The van der Waals surface area contributed by atoms with E-state index in [2.05, 4.69) is 65.7 Å². The van der Waals surface area contributed by atoms with E-state index in [4.69, 9.17) is 0 Å². The highest BCUT2D eigenvalue weighted by atomic mass is 29.2. The van der Waals surface area contributed by atoms with E-state index in [9.17, 15) is 0 Å². The van der Waals surface area contributed by atoms with Gasteiger partial charge >= 0.3 is 0 Å². The van der Waals surface area contributed by atoms with Crippen molar-refractivity contribution in [1.82, 2.24) is 4.57 Å². The summed E-state index contributed by atoms with van der Waals surface area (Å²) in [7, 11) is -0.948. The van der Waals surface area contributed by atoms with Crippen LogP contribution in [-0.4, -0.2) is 32.4 Å². The predicted molar refractivity (Wildman–Crippen MR) is 73.2 cm³/mol. The molecule has 0 aromatic rings. The van der Waals surface area contributed by atoms with Crippen molar-refractivity contribution < 1.29 is 0 Å². The van der Waals surface area contributed by atoms with Gasteiger partial charge in [0.25, 0.3) is 0 Å². The van der Waals surface area contributed by atoms with Crippen molar-refractivity contribution in [3.05, 3.63) is 0 Å². The molecule has 0 bridgehead atoms. The molecule has 0 aromatic heterocycles. The number of hydrogen-bond donors (Lipinski definition) is 0.